The van der Waals surface area contributed by atoms with Crippen molar-refractivity contribution in [2.45, 2.75) is 18.6 Å². The van der Waals surface area contributed by atoms with Gasteiger partial charge in [-0.3, -0.25) is 4.68 Å². The second kappa shape index (κ2) is 7.77. The average Bonchev–Trinajstić information content (AvgIpc) is 3.10. The van der Waals surface area contributed by atoms with Crippen molar-refractivity contribution in [1.82, 2.24) is 9.78 Å². The van der Waals surface area contributed by atoms with Crippen LogP contribution in [0, 0.1) is 5.92 Å². The fourth-order valence-electron chi connectivity index (χ4n) is 4.44. The molecule has 0 aliphatic carbocycles. The summed E-state index contributed by atoms with van der Waals surface area (Å²) in [5.41, 5.74) is 1.17. The van der Waals surface area contributed by atoms with Crippen LogP contribution in [0.4, 0.5) is 18.9 Å². The Bertz CT molecular complexity index is 1070. The van der Waals surface area contributed by atoms with Gasteiger partial charge in [-0.15, -0.1) is 0 Å². The number of para-hydroxylation sites is 1. The van der Waals surface area contributed by atoms with E-state index >= 15 is 0 Å². The normalized spacial score (nSPS) is 20.6. The molecule has 1 aliphatic heterocycles. The van der Waals surface area contributed by atoms with E-state index in [0.29, 0.717) is 19.3 Å². The van der Waals surface area contributed by atoms with Gasteiger partial charge in [-0.1, -0.05) is 18.2 Å². The molecule has 0 radical (unpaired) electrons. The summed E-state index contributed by atoms with van der Waals surface area (Å²) in [6.07, 6.45) is -1.13. The summed E-state index contributed by atoms with van der Waals surface area (Å²) in [4.78, 5) is 2.10. The maximum absolute atomic E-state index is 12.9. The highest BCUT2D eigenvalue weighted by Gasteiger charge is 2.35. The lowest BCUT2D eigenvalue weighted by molar-refractivity contribution is -0.137. The summed E-state index contributed by atoms with van der Waals surface area (Å²) in [5.74, 6) is 0.0881. The Hall–Kier alpha value is -2.27. The predicted octanol–water partition coefficient (Wildman–Crippen LogP) is 5.75. The average molecular weight is 435 g/mol. The summed E-state index contributed by atoms with van der Waals surface area (Å²) < 4.78 is 53.4. The molecule has 2 atom stereocenters. The summed E-state index contributed by atoms with van der Waals surface area (Å²) >= 11 is 0. The van der Waals surface area contributed by atoms with Gasteiger partial charge in [0.2, 0.25) is 0 Å². The Morgan fingerprint density at radius 1 is 1.10 bits per heavy atom. The number of aromatic nitrogens is 2. The minimum atomic E-state index is -4.34. The summed E-state index contributed by atoms with van der Waals surface area (Å²) in [7, 11) is -2.30. The molecule has 0 saturated carbocycles. The molecule has 2 heterocycles. The number of halogens is 3. The van der Waals surface area contributed by atoms with Crippen LogP contribution < -0.4 is 4.90 Å². The van der Waals surface area contributed by atoms with Crippen molar-refractivity contribution in [3.63, 3.8) is 0 Å². The Labute approximate surface area is 174 Å². The van der Waals surface area contributed by atoms with Gasteiger partial charge >= 0.3 is 6.18 Å². The first-order chi connectivity index (χ1) is 14.1. The van der Waals surface area contributed by atoms with Crippen molar-refractivity contribution in [2.75, 3.05) is 37.5 Å². The molecule has 0 bridgehead atoms. The van der Waals surface area contributed by atoms with E-state index in [2.05, 4.69) is 10.00 Å². The van der Waals surface area contributed by atoms with Gasteiger partial charge < -0.3 is 9.46 Å². The van der Waals surface area contributed by atoms with Crippen molar-refractivity contribution >= 4 is 23.7 Å². The van der Waals surface area contributed by atoms with E-state index in [1.54, 1.807) is 13.3 Å². The van der Waals surface area contributed by atoms with Crippen LogP contribution in [0.1, 0.15) is 18.0 Å². The lowest BCUT2D eigenvalue weighted by Crippen LogP contribution is -2.43. The Balaban J connectivity index is 1.62. The molecule has 1 aromatic heterocycles. The zero-order valence-electron chi connectivity index (χ0n) is 17.0. The molecule has 160 valence electrons. The molecular formula is C22H25F3N3OP. The van der Waals surface area contributed by atoms with E-state index in [9.17, 15) is 17.7 Å². The maximum atomic E-state index is 12.9. The number of nitrogens with zero attached hydrogens (tertiary/aromatic N) is 3. The molecule has 4 nitrogen and oxygen atoms in total. The van der Waals surface area contributed by atoms with Gasteiger partial charge in [-0.2, -0.15) is 18.3 Å². The van der Waals surface area contributed by atoms with Crippen LogP contribution in [0.25, 0.3) is 10.9 Å². The van der Waals surface area contributed by atoms with Crippen LogP contribution in [-0.2, 0) is 10.7 Å². The number of anilines is 1. The molecule has 1 fully saturated rings. The quantitative estimate of drug-likeness (QED) is 0.490. The van der Waals surface area contributed by atoms with Crippen LogP contribution in [0.3, 0.4) is 0 Å². The van der Waals surface area contributed by atoms with Crippen molar-refractivity contribution in [3.05, 3.63) is 60.3 Å². The van der Waals surface area contributed by atoms with E-state index in [4.69, 9.17) is 0 Å². The van der Waals surface area contributed by atoms with E-state index in [1.165, 1.54) is 12.1 Å². The molecule has 3 aromatic rings. The molecule has 1 aliphatic rings. The lowest BCUT2D eigenvalue weighted by atomic mass is 9.93. The van der Waals surface area contributed by atoms with Crippen LogP contribution in [0.5, 0.6) is 0 Å². The smallest absolute Gasteiger partial charge is 0.371 e. The number of hydrogen-bond acceptors (Lipinski definition) is 3. The minimum Gasteiger partial charge on any atom is -0.371 e. The van der Waals surface area contributed by atoms with Crippen molar-refractivity contribution in [3.8, 4) is 0 Å². The zero-order valence-corrected chi connectivity index (χ0v) is 17.9. The van der Waals surface area contributed by atoms with E-state index in [0.717, 1.165) is 35.1 Å². The fourth-order valence-corrected chi connectivity index (χ4v) is 5.93. The highest BCUT2D eigenvalue weighted by atomic mass is 31.2. The first kappa shape index (κ1) is 21.0. The van der Waals surface area contributed by atoms with E-state index in [-0.39, 0.29) is 12.0 Å². The minimum absolute atomic E-state index is 0.0881. The predicted molar refractivity (Wildman–Crippen MR) is 115 cm³/mol. The van der Waals surface area contributed by atoms with Gasteiger partial charge in [0.1, 0.15) is 0 Å². The number of alkyl halides is 3. The van der Waals surface area contributed by atoms with Crippen LogP contribution in [0.15, 0.2) is 54.7 Å². The van der Waals surface area contributed by atoms with Crippen LogP contribution >= 0.6 is 7.14 Å². The molecule has 2 unspecified atom stereocenters. The van der Waals surface area contributed by atoms with E-state index < -0.39 is 18.9 Å². The van der Waals surface area contributed by atoms with Gasteiger partial charge in [0.05, 0.1) is 30.5 Å². The Morgan fingerprint density at radius 3 is 2.47 bits per heavy atom. The number of fused-ring (bicyclic) bond motifs is 1. The summed E-state index contributed by atoms with van der Waals surface area (Å²) in [6, 6.07) is 13.4. The number of hydrogen-bond donors (Lipinski definition) is 0. The second-order valence-corrected chi connectivity index (χ2v) is 12.0. The third-order valence-corrected chi connectivity index (χ3v) is 7.10. The zero-order chi connectivity index (χ0) is 21.5. The van der Waals surface area contributed by atoms with Crippen molar-refractivity contribution in [1.29, 1.82) is 0 Å². The SMILES string of the molecule is CP(C)(=O)CC1CN(c2ccc(C(F)(F)F)cc2)CCC1n1ncc2ccccc21. The standard InChI is InChI=1S/C22H25F3N3OP/c1-30(2,29)15-17-14-27(19-9-7-18(8-10-19)22(23,24)25)12-11-21(17)28-20-6-4-3-5-16(20)13-26-28/h3-10,13,17,21H,11-12,14-15H2,1-2H3. The summed E-state index contributed by atoms with van der Waals surface area (Å²) in [5, 5.41) is 5.69. The third-order valence-electron chi connectivity index (χ3n) is 5.75. The summed E-state index contributed by atoms with van der Waals surface area (Å²) in [6.45, 7) is 4.93. The van der Waals surface area contributed by atoms with Gasteiger partial charge in [0.25, 0.3) is 0 Å². The molecule has 0 spiro atoms. The monoisotopic (exact) mass is 435 g/mol. The highest BCUT2D eigenvalue weighted by Crippen LogP contribution is 2.44. The maximum Gasteiger partial charge on any atom is 0.416 e. The molecule has 4 rings (SSSR count). The van der Waals surface area contributed by atoms with Gasteiger partial charge in [0, 0.05) is 36.2 Å². The molecule has 2 aromatic carbocycles. The van der Waals surface area contributed by atoms with Crippen LogP contribution in [-0.4, -0.2) is 42.4 Å². The third kappa shape index (κ3) is 4.41. The number of rotatable bonds is 4. The first-order valence-corrected chi connectivity index (χ1v) is 12.8. The van der Waals surface area contributed by atoms with Crippen LogP contribution in [0.2, 0.25) is 0 Å². The topological polar surface area (TPSA) is 38.1 Å². The highest BCUT2D eigenvalue weighted by molar-refractivity contribution is 7.62. The molecular weight excluding hydrogens is 410 g/mol. The fraction of sp³-hybridized carbons (Fsp3) is 0.409. The van der Waals surface area contributed by atoms with Gasteiger partial charge in [0.15, 0.2) is 0 Å². The molecule has 30 heavy (non-hydrogen) atoms. The molecule has 1 saturated heterocycles. The number of piperidine rings is 1. The number of benzene rings is 2. The second-order valence-electron chi connectivity index (χ2n) is 8.51. The Kier molecular flexibility index (Phi) is 5.43. The van der Waals surface area contributed by atoms with Gasteiger partial charge in [-0.05, 0) is 50.1 Å². The largest absolute Gasteiger partial charge is 0.416 e. The first-order valence-electron chi connectivity index (χ1n) is 10.0. The lowest BCUT2D eigenvalue weighted by Gasteiger charge is -2.40. The van der Waals surface area contributed by atoms with Crippen molar-refractivity contribution in [2.24, 2.45) is 5.92 Å². The molecule has 0 amide bonds. The molecule has 0 N–H and O–H groups in total. The van der Waals surface area contributed by atoms with Crippen molar-refractivity contribution < 1.29 is 17.7 Å². The molecule has 8 heteroatoms. The van der Waals surface area contributed by atoms with Gasteiger partial charge in [-0.25, -0.2) is 0 Å². The Morgan fingerprint density at radius 2 is 1.80 bits per heavy atom. The van der Waals surface area contributed by atoms with E-state index in [1.807, 2.05) is 35.1 Å².